The van der Waals surface area contributed by atoms with Gasteiger partial charge in [0.25, 0.3) is 0 Å². The Kier molecular flexibility index (Phi) is 6.26. The Labute approximate surface area is 197 Å². The zero-order valence-electron chi connectivity index (χ0n) is 18.4. The zero-order chi connectivity index (χ0) is 22.8. The van der Waals surface area contributed by atoms with Crippen LogP contribution in [0.3, 0.4) is 0 Å². The second-order valence-electron chi connectivity index (χ2n) is 8.68. The fourth-order valence-electron chi connectivity index (χ4n) is 4.92. The van der Waals surface area contributed by atoms with E-state index in [2.05, 4.69) is 12.1 Å². The van der Waals surface area contributed by atoms with Gasteiger partial charge in [-0.05, 0) is 37.0 Å². The highest BCUT2D eigenvalue weighted by Gasteiger charge is 2.40. The van der Waals surface area contributed by atoms with E-state index in [4.69, 9.17) is 4.74 Å². The molecule has 2 aromatic rings. The van der Waals surface area contributed by atoms with Gasteiger partial charge in [-0.15, -0.1) is 11.8 Å². The van der Waals surface area contributed by atoms with Gasteiger partial charge in [-0.3, -0.25) is 14.5 Å². The van der Waals surface area contributed by atoms with E-state index in [-0.39, 0.29) is 36.5 Å². The number of benzene rings is 2. The fourth-order valence-corrected chi connectivity index (χ4v) is 5.85. The number of carbonyl (C=O) groups excluding carboxylic acids is 3. The molecule has 0 aliphatic carbocycles. The lowest BCUT2D eigenvalue weighted by Gasteiger charge is -2.38. The second-order valence-corrected chi connectivity index (χ2v) is 9.69. The van der Waals surface area contributed by atoms with Crippen LogP contribution in [0.1, 0.15) is 18.4 Å². The van der Waals surface area contributed by atoms with Gasteiger partial charge < -0.3 is 14.5 Å². The van der Waals surface area contributed by atoms with E-state index in [0.717, 1.165) is 17.0 Å². The molecule has 0 aromatic heterocycles. The smallest absolute Gasteiger partial charge is 0.410 e. The third kappa shape index (κ3) is 4.57. The summed E-state index contributed by atoms with van der Waals surface area (Å²) >= 11 is 1.51. The van der Waals surface area contributed by atoms with E-state index in [1.54, 1.807) is 4.90 Å². The highest BCUT2D eigenvalue weighted by molar-refractivity contribution is 8.00. The van der Waals surface area contributed by atoms with Crippen molar-refractivity contribution >= 4 is 35.4 Å². The Morgan fingerprint density at radius 3 is 2.52 bits per heavy atom. The minimum Gasteiger partial charge on any atom is -0.447 e. The Balaban J connectivity index is 1.20. The molecule has 33 heavy (non-hydrogen) atoms. The molecule has 0 saturated carbocycles. The molecule has 8 heteroatoms. The van der Waals surface area contributed by atoms with Crippen molar-refractivity contribution in [3.63, 3.8) is 0 Å². The first kappa shape index (κ1) is 21.8. The summed E-state index contributed by atoms with van der Waals surface area (Å²) < 4.78 is 5.38. The molecule has 7 nitrogen and oxygen atoms in total. The third-order valence-corrected chi connectivity index (χ3v) is 7.68. The molecule has 3 aliphatic rings. The fraction of sp³-hybridized carbons (Fsp3) is 0.400. The van der Waals surface area contributed by atoms with Gasteiger partial charge in [-0.2, -0.15) is 0 Å². The van der Waals surface area contributed by atoms with Crippen molar-refractivity contribution in [2.75, 3.05) is 36.9 Å². The molecule has 2 aromatic carbocycles. The molecule has 0 bridgehead atoms. The molecule has 172 valence electrons. The van der Waals surface area contributed by atoms with E-state index < -0.39 is 0 Å². The third-order valence-electron chi connectivity index (χ3n) is 6.63. The molecular formula is C25H27N3O4S. The highest BCUT2D eigenvalue weighted by atomic mass is 32.2. The number of amides is 3. The van der Waals surface area contributed by atoms with Crippen LogP contribution < -0.4 is 4.90 Å². The maximum Gasteiger partial charge on any atom is 0.410 e. The van der Waals surface area contributed by atoms with E-state index >= 15 is 0 Å². The molecule has 5 rings (SSSR count). The predicted molar refractivity (Wildman–Crippen MR) is 126 cm³/mol. The van der Waals surface area contributed by atoms with Gasteiger partial charge in [-0.1, -0.05) is 42.5 Å². The number of hydrogen-bond donors (Lipinski definition) is 0. The number of cyclic esters (lactones) is 1. The standard InChI is InChI=1S/C25H27N3O4S/c29-23(15-27-21-8-4-5-9-22(21)33-17-24(27)30)26-12-10-19(11-13-26)28-20(16-32-25(28)31)14-18-6-2-1-3-7-18/h1-9,19-20H,10-17H2. The second kappa shape index (κ2) is 9.47. The van der Waals surface area contributed by atoms with Crippen molar-refractivity contribution in [2.24, 2.45) is 0 Å². The quantitative estimate of drug-likeness (QED) is 0.678. The Morgan fingerprint density at radius 1 is 1.00 bits per heavy atom. The number of carbonyl (C=O) groups is 3. The lowest BCUT2D eigenvalue weighted by atomic mass is 9.99. The molecule has 2 fully saturated rings. The minimum atomic E-state index is -0.256. The van der Waals surface area contributed by atoms with E-state index in [9.17, 15) is 14.4 Å². The Bertz CT molecular complexity index is 1040. The van der Waals surface area contributed by atoms with Crippen LogP contribution >= 0.6 is 11.8 Å². The summed E-state index contributed by atoms with van der Waals surface area (Å²) in [5.41, 5.74) is 1.99. The molecule has 3 amide bonds. The number of ether oxygens (including phenoxy) is 1. The Morgan fingerprint density at radius 2 is 1.73 bits per heavy atom. The average molecular weight is 466 g/mol. The summed E-state index contributed by atoms with van der Waals surface area (Å²) in [6.45, 7) is 1.61. The molecule has 3 heterocycles. The SMILES string of the molecule is O=C(CN1C(=O)CSc2ccccc21)N1CCC(N2C(=O)OCC2Cc2ccccc2)CC1. The van der Waals surface area contributed by atoms with Gasteiger partial charge >= 0.3 is 6.09 Å². The first-order valence-electron chi connectivity index (χ1n) is 11.4. The van der Waals surface area contributed by atoms with Gasteiger partial charge in [0.05, 0.1) is 17.5 Å². The van der Waals surface area contributed by atoms with Crippen LogP contribution in [0.15, 0.2) is 59.5 Å². The first-order valence-corrected chi connectivity index (χ1v) is 12.4. The summed E-state index contributed by atoms with van der Waals surface area (Å²) in [6.07, 6.45) is 1.94. The molecule has 1 atom stereocenters. The zero-order valence-corrected chi connectivity index (χ0v) is 19.2. The largest absolute Gasteiger partial charge is 0.447 e. The number of piperidine rings is 1. The predicted octanol–water partition coefficient (Wildman–Crippen LogP) is 3.18. The van der Waals surface area contributed by atoms with Crippen LogP contribution in [-0.2, 0) is 20.7 Å². The molecule has 2 saturated heterocycles. The van der Waals surface area contributed by atoms with Crippen molar-refractivity contribution in [3.05, 3.63) is 60.2 Å². The first-order chi connectivity index (χ1) is 16.1. The number of para-hydroxylation sites is 1. The lowest BCUT2D eigenvalue weighted by Crippen LogP contribution is -2.52. The summed E-state index contributed by atoms with van der Waals surface area (Å²) in [6, 6.07) is 17.9. The summed E-state index contributed by atoms with van der Waals surface area (Å²) in [7, 11) is 0. The minimum absolute atomic E-state index is 0.0205. The molecule has 1 unspecified atom stereocenters. The lowest BCUT2D eigenvalue weighted by molar-refractivity contribution is -0.132. The van der Waals surface area contributed by atoms with Crippen LogP contribution in [0.5, 0.6) is 0 Å². The van der Waals surface area contributed by atoms with Crippen molar-refractivity contribution in [3.8, 4) is 0 Å². The van der Waals surface area contributed by atoms with Gasteiger partial charge in [0, 0.05) is 24.0 Å². The van der Waals surface area contributed by atoms with Crippen molar-refractivity contribution in [2.45, 2.75) is 36.2 Å². The number of likely N-dealkylation sites (tertiary alicyclic amines) is 1. The summed E-state index contributed by atoms with van der Waals surface area (Å²) in [5.74, 6) is 0.269. The van der Waals surface area contributed by atoms with Crippen LogP contribution in [0.25, 0.3) is 0 Å². The van der Waals surface area contributed by atoms with Crippen LogP contribution in [0.4, 0.5) is 10.5 Å². The number of anilines is 1. The van der Waals surface area contributed by atoms with E-state index in [0.29, 0.717) is 38.3 Å². The molecule has 0 N–H and O–H groups in total. The van der Waals surface area contributed by atoms with Gasteiger partial charge in [0.1, 0.15) is 13.2 Å². The summed E-state index contributed by atoms with van der Waals surface area (Å²) in [4.78, 5) is 44.4. The highest BCUT2D eigenvalue weighted by Crippen LogP contribution is 2.35. The van der Waals surface area contributed by atoms with Crippen molar-refractivity contribution < 1.29 is 19.1 Å². The van der Waals surface area contributed by atoms with E-state index in [1.807, 2.05) is 52.3 Å². The number of hydrogen-bond acceptors (Lipinski definition) is 5. The van der Waals surface area contributed by atoms with Crippen LogP contribution in [0.2, 0.25) is 0 Å². The van der Waals surface area contributed by atoms with Gasteiger partial charge in [-0.25, -0.2) is 4.79 Å². The number of nitrogens with zero attached hydrogens (tertiary/aromatic N) is 3. The number of fused-ring (bicyclic) bond motifs is 1. The topological polar surface area (TPSA) is 70.2 Å². The monoisotopic (exact) mass is 465 g/mol. The normalized spacial score (nSPS) is 21.2. The molecule has 0 spiro atoms. The molecular weight excluding hydrogens is 438 g/mol. The Hall–Kier alpha value is -3.00. The van der Waals surface area contributed by atoms with Crippen molar-refractivity contribution in [1.82, 2.24) is 9.80 Å². The van der Waals surface area contributed by atoms with Gasteiger partial charge in [0.15, 0.2) is 0 Å². The number of rotatable bonds is 5. The average Bonchev–Trinajstić information content (AvgIpc) is 3.21. The maximum atomic E-state index is 13.0. The van der Waals surface area contributed by atoms with Crippen molar-refractivity contribution in [1.29, 1.82) is 0 Å². The van der Waals surface area contributed by atoms with Crippen LogP contribution in [0, 0.1) is 0 Å². The van der Waals surface area contributed by atoms with Crippen LogP contribution in [-0.4, -0.2) is 71.8 Å². The van der Waals surface area contributed by atoms with E-state index in [1.165, 1.54) is 17.3 Å². The molecule has 3 aliphatic heterocycles. The summed E-state index contributed by atoms with van der Waals surface area (Å²) in [5, 5.41) is 0. The number of thioether (sulfide) groups is 1. The maximum absolute atomic E-state index is 13.0. The molecule has 0 radical (unpaired) electrons. The van der Waals surface area contributed by atoms with Gasteiger partial charge in [0.2, 0.25) is 11.8 Å².